The fourth-order valence-electron chi connectivity index (χ4n) is 2.73. The number of rotatable bonds is 3. The van der Waals surface area contributed by atoms with Crippen molar-refractivity contribution in [2.45, 2.75) is 44.5 Å². The number of anilines is 1. The molecule has 2 aromatic heterocycles. The molecule has 11 nitrogen and oxygen atoms in total. The zero-order valence-corrected chi connectivity index (χ0v) is 14.7. The van der Waals surface area contributed by atoms with E-state index < -0.39 is 36.6 Å². The van der Waals surface area contributed by atoms with Gasteiger partial charge in [-0.15, -0.1) is 0 Å². The normalized spacial score (nSPS) is 25.8. The van der Waals surface area contributed by atoms with E-state index in [9.17, 15) is 20.1 Å². The summed E-state index contributed by atoms with van der Waals surface area (Å²) in [5.41, 5.74) is 6.35. The molecule has 0 bridgehead atoms. The maximum absolute atomic E-state index is 12.0. The molecular weight excluding hydrogens is 356 g/mol. The van der Waals surface area contributed by atoms with Crippen molar-refractivity contribution >= 4 is 22.9 Å². The third kappa shape index (κ3) is 3.56. The van der Waals surface area contributed by atoms with Crippen molar-refractivity contribution in [1.29, 1.82) is 0 Å². The van der Waals surface area contributed by atoms with Gasteiger partial charge in [0.15, 0.2) is 23.8 Å². The lowest BCUT2D eigenvalue weighted by Gasteiger charge is -2.16. The summed E-state index contributed by atoms with van der Waals surface area (Å²) in [5, 5.41) is 32.3. The molecule has 5 unspecified atom stereocenters. The van der Waals surface area contributed by atoms with Gasteiger partial charge in [0.2, 0.25) is 5.82 Å². The lowest BCUT2D eigenvalue weighted by Crippen LogP contribution is -2.42. The van der Waals surface area contributed by atoms with Crippen LogP contribution < -0.4 is 11.1 Å². The van der Waals surface area contributed by atoms with Gasteiger partial charge in [-0.2, -0.15) is 0 Å². The van der Waals surface area contributed by atoms with E-state index in [0.29, 0.717) is 6.54 Å². The molecular formula is C16H20N6O5. The zero-order chi connectivity index (χ0) is 19.7. The molecule has 0 aliphatic carbocycles. The summed E-state index contributed by atoms with van der Waals surface area (Å²) in [7, 11) is 0. The molecule has 2 aromatic rings. The van der Waals surface area contributed by atoms with Crippen molar-refractivity contribution in [3.05, 3.63) is 12.2 Å². The molecule has 1 saturated heterocycles. The van der Waals surface area contributed by atoms with Crippen LogP contribution in [0.2, 0.25) is 0 Å². The van der Waals surface area contributed by atoms with Crippen LogP contribution in [0.15, 0.2) is 6.33 Å². The first kappa shape index (κ1) is 19.0. The molecule has 11 heteroatoms. The Balaban J connectivity index is 1.99. The molecule has 0 radical (unpaired) electrons. The molecule has 1 aliphatic heterocycles. The van der Waals surface area contributed by atoms with Crippen LogP contribution in [-0.4, -0.2) is 71.7 Å². The number of carbonyl (C=O) groups is 1. The summed E-state index contributed by atoms with van der Waals surface area (Å²) in [4.78, 5) is 24.4. The van der Waals surface area contributed by atoms with Crippen LogP contribution in [0.25, 0.3) is 11.2 Å². The van der Waals surface area contributed by atoms with Crippen molar-refractivity contribution in [2.75, 3.05) is 12.3 Å². The predicted molar refractivity (Wildman–Crippen MR) is 92.9 cm³/mol. The number of nitrogens with zero attached hydrogens (tertiary/aromatic N) is 4. The zero-order valence-electron chi connectivity index (χ0n) is 14.7. The quantitative estimate of drug-likeness (QED) is 0.377. The lowest BCUT2D eigenvalue weighted by molar-refractivity contribution is -0.137. The maximum atomic E-state index is 12.0. The van der Waals surface area contributed by atoms with E-state index in [-0.39, 0.29) is 22.8 Å². The first-order valence-electron chi connectivity index (χ1n) is 8.32. The number of aromatic nitrogens is 4. The highest BCUT2D eigenvalue weighted by Crippen LogP contribution is 2.32. The number of aliphatic hydroxyl groups is 3. The van der Waals surface area contributed by atoms with Gasteiger partial charge in [0, 0.05) is 6.54 Å². The Morgan fingerprint density at radius 1 is 1.44 bits per heavy atom. The molecule has 0 saturated carbocycles. The number of aliphatic hydroxyl groups excluding tert-OH is 3. The number of carbonyl (C=O) groups excluding carboxylic acids is 1. The Hall–Kier alpha value is -2.78. The van der Waals surface area contributed by atoms with Gasteiger partial charge in [-0.25, -0.2) is 15.0 Å². The summed E-state index contributed by atoms with van der Waals surface area (Å²) in [5.74, 6) is 4.67. The van der Waals surface area contributed by atoms with Gasteiger partial charge in [-0.05, 0) is 19.8 Å². The fraction of sp³-hybridized carbons (Fsp3) is 0.500. The molecule has 144 valence electrons. The number of fused-ring (bicyclic) bond motifs is 1. The average molecular weight is 376 g/mol. The van der Waals surface area contributed by atoms with Gasteiger partial charge in [-0.3, -0.25) is 9.36 Å². The van der Waals surface area contributed by atoms with Gasteiger partial charge >= 0.3 is 0 Å². The molecule has 1 amide bonds. The first-order valence-corrected chi connectivity index (χ1v) is 8.32. The highest BCUT2D eigenvalue weighted by molar-refractivity contribution is 5.83. The summed E-state index contributed by atoms with van der Waals surface area (Å²) in [6.07, 6.45) is -4.71. The second-order valence-corrected chi connectivity index (χ2v) is 6.02. The Morgan fingerprint density at radius 3 is 2.85 bits per heavy atom. The summed E-state index contributed by atoms with van der Waals surface area (Å²) in [6, 6.07) is 0. The molecule has 5 atom stereocenters. The van der Waals surface area contributed by atoms with Gasteiger partial charge in [0.05, 0.1) is 6.33 Å². The minimum Gasteiger partial charge on any atom is -0.387 e. The highest BCUT2D eigenvalue weighted by atomic mass is 16.6. The van der Waals surface area contributed by atoms with Crippen LogP contribution in [0.5, 0.6) is 0 Å². The van der Waals surface area contributed by atoms with Crippen LogP contribution in [0.4, 0.5) is 5.82 Å². The minimum absolute atomic E-state index is 0.0518. The summed E-state index contributed by atoms with van der Waals surface area (Å²) < 4.78 is 6.92. The van der Waals surface area contributed by atoms with Gasteiger partial charge < -0.3 is 31.1 Å². The Kier molecular flexibility index (Phi) is 5.24. The van der Waals surface area contributed by atoms with Crippen LogP contribution >= 0.6 is 0 Å². The Bertz CT molecular complexity index is 917. The number of imidazole rings is 1. The van der Waals surface area contributed by atoms with Crippen molar-refractivity contribution in [3.63, 3.8) is 0 Å². The number of nitrogens with one attached hydrogen (secondary N) is 1. The number of amides is 1. The third-order valence-corrected chi connectivity index (χ3v) is 3.96. The van der Waals surface area contributed by atoms with Crippen LogP contribution in [0.1, 0.15) is 25.9 Å². The number of nitrogen functional groups attached to an aromatic ring is 1. The van der Waals surface area contributed by atoms with Crippen LogP contribution in [0, 0.1) is 11.8 Å². The predicted octanol–water partition coefficient (Wildman–Crippen LogP) is -2.10. The molecule has 0 aromatic carbocycles. The van der Waals surface area contributed by atoms with E-state index in [0.717, 1.165) is 0 Å². The molecule has 3 heterocycles. The van der Waals surface area contributed by atoms with Crippen LogP contribution in [-0.2, 0) is 9.53 Å². The van der Waals surface area contributed by atoms with Gasteiger partial charge in [-0.1, -0.05) is 5.92 Å². The van der Waals surface area contributed by atoms with Crippen molar-refractivity contribution in [1.82, 2.24) is 24.8 Å². The molecule has 3 rings (SSSR count). The molecule has 27 heavy (non-hydrogen) atoms. The molecule has 6 N–H and O–H groups in total. The summed E-state index contributed by atoms with van der Waals surface area (Å²) >= 11 is 0. The number of ether oxygens (including phenoxy) is 1. The Morgan fingerprint density at radius 2 is 2.19 bits per heavy atom. The SMILES string of the molecule is CCNC(=O)C1OC(n2cnc3c(N)nc(C#CC(C)O)nc32)C(O)C1O. The van der Waals surface area contributed by atoms with E-state index in [1.54, 1.807) is 6.92 Å². The van der Waals surface area contributed by atoms with E-state index in [1.807, 2.05) is 0 Å². The molecule has 1 fully saturated rings. The van der Waals surface area contributed by atoms with Crippen molar-refractivity contribution < 1.29 is 24.9 Å². The topological polar surface area (TPSA) is 169 Å². The van der Waals surface area contributed by atoms with E-state index in [1.165, 1.54) is 17.8 Å². The molecule has 0 spiro atoms. The molecule has 1 aliphatic rings. The third-order valence-electron chi connectivity index (χ3n) is 3.96. The van der Waals surface area contributed by atoms with Crippen molar-refractivity contribution in [2.24, 2.45) is 0 Å². The minimum atomic E-state index is -1.42. The maximum Gasteiger partial charge on any atom is 0.252 e. The van der Waals surface area contributed by atoms with Crippen LogP contribution in [0.3, 0.4) is 0 Å². The van der Waals surface area contributed by atoms with Gasteiger partial charge in [0.1, 0.15) is 23.8 Å². The fourth-order valence-corrected chi connectivity index (χ4v) is 2.73. The smallest absolute Gasteiger partial charge is 0.252 e. The number of nitrogens with two attached hydrogens (primary N) is 1. The standard InChI is InChI=1S/C16H20N6O5/c1-3-18-15(26)12-10(24)11(25)16(27-12)22-6-19-9-13(17)20-8(21-14(9)22)5-4-7(2)23/h6-7,10-12,16,23-25H,3H2,1-2H3,(H,18,26)(H2,17,20,21). The lowest BCUT2D eigenvalue weighted by atomic mass is 10.1. The second kappa shape index (κ2) is 7.45. The van der Waals surface area contributed by atoms with E-state index >= 15 is 0 Å². The van der Waals surface area contributed by atoms with Crippen molar-refractivity contribution in [3.8, 4) is 11.8 Å². The number of hydrogen-bond acceptors (Lipinski definition) is 9. The monoisotopic (exact) mass is 376 g/mol. The second-order valence-electron chi connectivity index (χ2n) is 6.02. The Labute approximate surface area is 154 Å². The average Bonchev–Trinajstić information content (AvgIpc) is 3.16. The number of hydrogen-bond donors (Lipinski definition) is 5. The van der Waals surface area contributed by atoms with Gasteiger partial charge in [0.25, 0.3) is 5.91 Å². The number of likely N-dealkylation sites (N-methyl/N-ethyl adjacent to an activating group) is 1. The largest absolute Gasteiger partial charge is 0.387 e. The highest BCUT2D eigenvalue weighted by Gasteiger charge is 2.47. The van der Waals surface area contributed by atoms with E-state index in [2.05, 4.69) is 32.1 Å². The first-order chi connectivity index (χ1) is 12.8. The van der Waals surface area contributed by atoms with E-state index in [4.69, 9.17) is 10.5 Å². The summed E-state index contributed by atoms with van der Waals surface area (Å²) in [6.45, 7) is 3.58.